The molecule has 3 unspecified atom stereocenters. The van der Waals surface area contributed by atoms with Gasteiger partial charge in [-0.3, -0.25) is 0 Å². The number of aliphatic hydroxyl groups is 4. The van der Waals surface area contributed by atoms with Crippen molar-refractivity contribution >= 4 is 11.6 Å². The molecule has 0 saturated carbocycles. The minimum absolute atomic E-state index is 0.180. The highest BCUT2D eigenvalue weighted by molar-refractivity contribution is 6.23. The van der Waals surface area contributed by atoms with E-state index >= 15 is 0 Å². The van der Waals surface area contributed by atoms with Crippen molar-refractivity contribution in [1.82, 2.24) is 0 Å². The summed E-state index contributed by atoms with van der Waals surface area (Å²) in [7, 11) is 0. The average molecular weight is 185 g/mol. The number of halogens is 1. The quantitative estimate of drug-likeness (QED) is 0.424. The first kappa shape index (κ1) is 11.1. The Morgan fingerprint density at radius 3 is 2.18 bits per heavy atom. The van der Waals surface area contributed by atoms with Gasteiger partial charge in [-0.1, -0.05) is 11.6 Å². The van der Waals surface area contributed by atoms with Crippen LogP contribution in [0.25, 0.3) is 0 Å². The molecule has 0 aliphatic rings. The summed E-state index contributed by atoms with van der Waals surface area (Å²) in [6, 6.07) is 0. The van der Waals surface area contributed by atoms with Crippen LogP contribution < -0.4 is 0 Å². The van der Waals surface area contributed by atoms with Crippen LogP contribution in [0.4, 0.5) is 0 Å². The Morgan fingerprint density at radius 2 is 1.91 bits per heavy atom. The lowest BCUT2D eigenvalue weighted by molar-refractivity contribution is -0.0821. The summed E-state index contributed by atoms with van der Waals surface area (Å²) >= 11 is 5.37. The second kappa shape index (κ2) is 4.23. The van der Waals surface area contributed by atoms with Crippen LogP contribution in [0.5, 0.6) is 0 Å². The molecule has 0 radical (unpaired) electrons. The zero-order valence-corrected chi connectivity index (χ0v) is 6.99. The lowest BCUT2D eigenvalue weighted by atomic mass is 10.1. The molecule has 0 spiro atoms. The van der Waals surface area contributed by atoms with Crippen molar-refractivity contribution in [3.63, 3.8) is 0 Å². The molecule has 4 N–H and O–H groups in total. The van der Waals surface area contributed by atoms with Gasteiger partial charge in [-0.05, 0) is 6.92 Å². The molecule has 5 heteroatoms. The molecule has 0 aromatic carbocycles. The van der Waals surface area contributed by atoms with Gasteiger partial charge in [-0.15, -0.1) is 0 Å². The van der Waals surface area contributed by atoms with Gasteiger partial charge in [0.2, 0.25) is 0 Å². The van der Waals surface area contributed by atoms with E-state index in [1.807, 2.05) is 0 Å². The summed E-state index contributed by atoms with van der Waals surface area (Å²) in [5, 5.41) is 33.5. The molecule has 0 fully saturated rings. The molecular weight excluding hydrogens is 172 g/mol. The van der Waals surface area contributed by atoms with Crippen LogP contribution in [0.3, 0.4) is 0 Å². The Labute approximate surface area is 70.0 Å². The van der Waals surface area contributed by atoms with Crippen molar-refractivity contribution < 1.29 is 20.4 Å². The fourth-order valence-corrected chi connectivity index (χ4v) is 0.941. The van der Waals surface area contributed by atoms with Gasteiger partial charge in [0.15, 0.2) is 5.06 Å². The highest BCUT2D eigenvalue weighted by Crippen LogP contribution is 2.22. The van der Waals surface area contributed by atoms with Crippen LogP contribution in [0.15, 0.2) is 0 Å². The minimum Gasteiger partial charge on any atom is -0.396 e. The molecule has 68 valence electrons. The zero-order chi connectivity index (χ0) is 9.07. The van der Waals surface area contributed by atoms with E-state index in [0.29, 0.717) is 0 Å². The molecule has 0 amide bonds. The van der Waals surface area contributed by atoms with E-state index < -0.39 is 17.3 Å². The van der Waals surface area contributed by atoms with E-state index in [4.69, 9.17) is 32.0 Å². The summed E-state index contributed by atoms with van der Waals surface area (Å²) in [5.41, 5.74) is 0. The van der Waals surface area contributed by atoms with Crippen molar-refractivity contribution in [3.05, 3.63) is 0 Å². The predicted octanol–water partition coefficient (Wildman–Crippen LogP) is -0.962. The van der Waals surface area contributed by atoms with Crippen molar-refractivity contribution in [2.75, 3.05) is 6.61 Å². The van der Waals surface area contributed by atoms with Crippen molar-refractivity contribution in [2.24, 2.45) is 0 Å². The molecule has 0 aliphatic heterocycles. The Morgan fingerprint density at radius 1 is 1.45 bits per heavy atom. The fourth-order valence-electron chi connectivity index (χ4n) is 0.674. The van der Waals surface area contributed by atoms with E-state index in [2.05, 4.69) is 0 Å². The summed E-state index contributed by atoms with van der Waals surface area (Å²) in [5.74, 6) is 0. The van der Waals surface area contributed by atoms with E-state index in [0.717, 1.165) is 0 Å². The van der Waals surface area contributed by atoms with Gasteiger partial charge in [0.05, 0.1) is 6.10 Å². The summed E-state index contributed by atoms with van der Waals surface area (Å²) in [6.45, 7) is 0.958. The molecule has 0 heterocycles. The third kappa shape index (κ3) is 3.35. The van der Waals surface area contributed by atoms with E-state index in [1.165, 1.54) is 6.92 Å². The molecule has 3 atom stereocenters. The standard InChI is InChI=1S/C6H13ClO4/c1-4(9)5(10)6(7,11)2-3-8/h4-5,8-11H,2-3H2,1H3. The van der Waals surface area contributed by atoms with Crippen LogP contribution in [-0.2, 0) is 0 Å². The lowest BCUT2D eigenvalue weighted by Crippen LogP contribution is -2.44. The van der Waals surface area contributed by atoms with Crippen LogP contribution in [0, 0.1) is 0 Å². The third-order valence-electron chi connectivity index (χ3n) is 1.37. The van der Waals surface area contributed by atoms with Gasteiger partial charge in [0, 0.05) is 13.0 Å². The topological polar surface area (TPSA) is 80.9 Å². The van der Waals surface area contributed by atoms with Gasteiger partial charge >= 0.3 is 0 Å². The summed E-state index contributed by atoms with van der Waals surface area (Å²) in [4.78, 5) is 0. The lowest BCUT2D eigenvalue weighted by Gasteiger charge is -2.27. The van der Waals surface area contributed by atoms with Crippen molar-refractivity contribution in [1.29, 1.82) is 0 Å². The summed E-state index contributed by atoms with van der Waals surface area (Å²) < 4.78 is 0. The first-order valence-corrected chi connectivity index (χ1v) is 3.68. The molecule has 0 aromatic heterocycles. The SMILES string of the molecule is CC(O)C(O)C(O)(Cl)CCO. The van der Waals surface area contributed by atoms with Gasteiger partial charge in [0.25, 0.3) is 0 Å². The number of aliphatic hydroxyl groups excluding tert-OH is 3. The van der Waals surface area contributed by atoms with Crippen molar-refractivity contribution in [2.45, 2.75) is 30.6 Å². The number of hydrogen-bond acceptors (Lipinski definition) is 4. The Hall–Kier alpha value is 0.130. The van der Waals surface area contributed by atoms with Crippen LogP contribution in [-0.4, -0.2) is 44.3 Å². The summed E-state index contributed by atoms with van der Waals surface area (Å²) in [6.07, 6.45) is -2.75. The molecule has 11 heavy (non-hydrogen) atoms. The Bertz CT molecular complexity index is 115. The van der Waals surface area contributed by atoms with E-state index in [9.17, 15) is 0 Å². The maximum atomic E-state index is 9.15. The first-order chi connectivity index (χ1) is 4.91. The highest BCUT2D eigenvalue weighted by atomic mass is 35.5. The number of rotatable bonds is 4. The van der Waals surface area contributed by atoms with Crippen LogP contribution >= 0.6 is 11.6 Å². The predicted molar refractivity (Wildman–Crippen MR) is 40.2 cm³/mol. The highest BCUT2D eigenvalue weighted by Gasteiger charge is 2.35. The molecule has 4 nitrogen and oxygen atoms in total. The molecule has 0 saturated heterocycles. The van der Waals surface area contributed by atoms with E-state index in [1.54, 1.807) is 0 Å². The molecule has 0 rings (SSSR count). The van der Waals surface area contributed by atoms with Gasteiger partial charge < -0.3 is 20.4 Å². The third-order valence-corrected chi connectivity index (χ3v) is 1.79. The van der Waals surface area contributed by atoms with Gasteiger partial charge in [-0.2, -0.15) is 0 Å². The monoisotopic (exact) mass is 184 g/mol. The van der Waals surface area contributed by atoms with Crippen molar-refractivity contribution in [3.8, 4) is 0 Å². The molecule has 0 aromatic rings. The molecule has 0 bridgehead atoms. The fraction of sp³-hybridized carbons (Fsp3) is 1.00. The van der Waals surface area contributed by atoms with Gasteiger partial charge in [-0.25, -0.2) is 0 Å². The zero-order valence-electron chi connectivity index (χ0n) is 6.24. The Balaban J connectivity index is 4.05. The number of alkyl halides is 1. The Kier molecular flexibility index (Phi) is 4.28. The normalized spacial score (nSPS) is 22.4. The number of hydrogen-bond donors (Lipinski definition) is 4. The first-order valence-electron chi connectivity index (χ1n) is 3.30. The van der Waals surface area contributed by atoms with Crippen LogP contribution in [0.1, 0.15) is 13.3 Å². The second-order valence-corrected chi connectivity index (χ2v) is 3.13. The largest absolute Gasteiger partial charge is 0.396 e. The average Bonchev–Trinajstić information content (AvgIpc) is 1.86. The molecule has 0 aliphatic carbocycles. The minimum atomic E-state index is -1.94. The maximum Gasteiger partial charge on any atom is 0.169 e. The maximum absolute atomic E-state index is 9.15. The van der Waals surface area contributed by atoms with Crippen LogP contribution in [0.2, 0.25) is 0 Å². The van der Waals surface area contributed by atoms with Gasteiger partial charge in [0.1, 0.15) is 6.10 Å². The second-order valence-electron chi connectivity index (χ2n) is 2.48. The molecular formula is C6H13ClO4. The van der Waals surface area contributed by atoms with E-state index in [-0.39, 0.29) is 13.0 Å². The smallest absolute Gasteiger partial charge is 0.169 e.